The van der Waals surface area contributed by atoms with Gasteiger partial charge in [-0.1, -0.05) is 6.07 Å². The molecule has 3 unspecified atom stereocenters. The first-order chi connectivity index (χ1) is 20.3. The molecule has 1 aliphatic heterocycles. The lowest BCUT2D eigenvalue weighted by Gasteiger charge is -2.36. The number of nitrogens with zero attached hydrogens (tertiary/aromatic N) is 4. The molecule has 2 bridgehead atoms. The Morgan fingerprint density at radius 1 is 0.581 bits per heavy atom. The Bertz CT molecular complexity index is 1160. The number of aromatic nitrogens is 1. The van der Waals surface area contributed by atoms with Crippen molar-refractivity contribution in [1.29, 1.82) is 0 Å². The number of carbonyl (C=O) groups is 6. The summed E-state index contributed by atoms with van der Waals surface area (Å²) >= 11 is 0. The maximum absolute atomic E-state index is 12.3. The highest BCUT2D eigenvalue weighted by molar-refractivity contribution is 5.76. The van der Waals surface area contributed by atoms with Gasteiger partial charge in [0.15, 0.2) is 0 Å². The van der Waals surface area contributed by atoms with Gasteiger partial charge in [-0.2, -0.15) is 0 Å². The average Bonchev–Trinajstić information content (AvgIpc) is 2.90. The second-order valence-electron chi connectivity index (χ2n) is 10.3. The molecule has 3 atom stereocenters. The van der Waals surface area contributed by atoms with Gasteiger partial charge in [-0.05, 0) is 37.8 Å². The van der Waals surface area contributed by atoms with Crippen LogP contribution in [0.3, 0.4) is 0 Å². The molecule has 2 heterocycles. The van der Waals surface area contributed by atoms with Crippen LogP contribution >= 0.6 is 0 Å². The van der Waals surface area contributed by atoms with Crippen LogP contribution in [0.25, 0.3) is 0 Å². The molecule has 0 aromatic carbocycles. The van der Waals surface area contributed by atoms with Crippen molar-refractivity contribution >= 4 is 35.8 Å². The SMILES string of the molecule is O=C(O)CCCC(C(=O)O)N1CCN(C(CCC(=O)O)C(=O)O)CCN(C(CCC(=O)O)C(=O)O)Cc2cccc(n2)C1. The van der Waals surface area contributed by atoms with Gasteiger partial charge in [-0.3, -0.25) is 48.5 Å². The van der Waals surface area contributed by atoms with E-state index in [1.807, 2.05) is 0 Å². The minimum absolute atomic E-state index is 0.0000442. The van der Waals surface area contributed by atoms with Gasteiger partial charge in [0.05, 0.1) is 11.4 Å². The predicted octanol–water partition coefficient (Wildman–Crippen LogP) is 0.345. The van der Waals surface area contributed by atoms with Gasteiger partial charge in [0.2, 0.25) is 0 Å². The van der Waals surface area contributed by atoms with Crippen LogP contribution in [-0.2, 0) is 41.9 Å². The van der Waals surface area contributed by atoms with E-state index in [1.54, 1.807) is 23.1 Å². The molecule has 0 saturated carbocycles. The molecule has 1 aliphatic rings. The van der Waals surface area contributed by atoms with Crippen LogP contribution < -0.4 is 0 Å². The first kappa shape index (κ1) is 35.0. The zero-order valence-electron chi connectivity index (χ0n) is 23.6. The van der Waals surface area contributed by atoms with Crippen LogP contribution in [0.2, 0.25) is 0 Å². The van der Waals surface area contributed by atoms with Gasteiger partial charge in [0, 0.05) is 58.5 Å². The lowest BCUT2D eigenvalue weighted by Crippen LogP contribution is -2.52. The number of hydrogen-bond donors (Lipinski definition) is 6. The van der Waals surface area contributed by atoms with Crippen molar-refractivity contribution in [2.45, 2.75) is 76.2 Å². The quantitative estimate of drug-likeness (QED) is 0.148. The number of carboxylic acid groups (broad SMARTS) is 6. The second kappa shape index (κ2) is 17.1. The zero-order chi connectivity index (χ0) is 32.1. The standard InChI is InChI=1S/C27H38N4O12/c32-22(33)6-2-5-19(25(38)39)30-13-11-29(20(26(40)41)7-9-23(34)35)12-14-31(21(27(42)43)8-10-24(36)37)16-18-4-1-3-17(15-30)28-18/h1,3-4,19-21H,2,5-16H2,(H,32,33)(H,34,35)(H,36,37)(H,38,39)(H,40,41)(H,42,43). The molecule has 2 rings (SSSR count). The van der Waals surface area contributed by atoms with Gasteiger partial charge in [0.1, 0.15) is 18.1 Å². The van der Waals surface area contributed by atoms with Gasteiger partial charge < -0.3 is 30.6 Å². The second-order valence-corrected chi connectivity index (χ2v) is 10.3. The summed E-state index contributed by atoms with van der Waals surface area (Å²) in [6.07, 6.45) is -1.54. The largest absolute Gasteiger partial charge is 0.481 e. The summed E-state index contributed by atoms with van der Waals surface area (Å²) in [5, 5.41) is 57.3. The van der Waals surface area contributed by atoms with Crippen molar-refractivity contribution < 1.29 is 59.4 Å². The Hall–Kier alpha value is -4.15. The summed E-state index contributed by atoms with van der Waals surface area (Å²) in [5.41, 5.74) is 0.858. The normalized spacial score (nSPS) is 17.5. The maximum atomic E-state index is 12.3. The molecule has 6 N–H and O–H groups in total. The van der Waals surface area contributed by atoms with Crippen molar-refractivity contribution in [2.75, 3.05) is 26.2 Å². The van der Waals surface area contributed by atoms with Crippen molar-refractivity contribution in [3.8, 4) is 0 Å². The van der Waals surface area contributed by atoms with Gasteiger partial charge >= 0.3 is 35.8 Å². The summed E-state index contributed by atoms with van der Waals surface area (Å²) in [6, 6.07) is 1.29. The highest BCUT2D eigenvalue weighted by Gasteiger charge is 2.33. The molecule has 0 amide bonds. The number of fused-ring (bicyclic) bond motifs is 2. The number of hydrogen-bond acceptors (Lipinski definition) is 10. The fourth-order valence-corrected chi connectivity index (χ4v) is 5.10. The van der Waals surface area contributed by atoms with Crippen LogP contribution in [-0.4, -0.2) is 130 Å². The molecule has 0 radical (unpaired) electrons. The number of aliphatic carboxylic acids is 6. The van der Waals surface area contributed by atoms with Crippen molar-refractivity contribution in [1.82, 2.24) is 19.7 Å². The number of rotatable bonds is 16. The summed E-state index contributed by atoms with van der Waals surface area (Å²) < 4.78 is 0. The monoisotopic (exact) mass is 610 g/mol. The molecule has 0 spiro atoms. The van der Waals surface area contributed by atoms with Crippen LogP contribution in [0.1, 0.15) is 56.3 Å². The molecule has 1 aromatic heterocycles. The van der Waals surface area contributed by atoms with E-state index in [0.717, 1.165) is 0 Å². The summed E-state index contributed by atoms with van der Waals surface area (Å²) in [7, 11) is 0. The van der Waals surface area contributed by atoms with E-state index < -0.39 is 66.8 Å². The lowest BCUT2D eigenvalue weighted by atomic mass is 10.1. The fourth-order valence-electron chi connectivity index (χ4n) is 5.10. The average molecular weight is 611 g/mol. The van der Waals surface area contributed by atoms with E-state index in [4.69, 9.17) is 10.2 Å². The maximum Gasteiger partial charge on any atom is 0.320 e. The van der Waals surface area contributed by atoms with Crippen molar-refractivity contribution in [3.63, 3.8) is 0 Å². The van der Waals surface area contributed by atoms with Crippen LogP contribution in [0, 0.1) is 0 Å². The third kappa shape index (κ3) is 11.9. The van der Waals surface area contributed by atoms with Crippen LogP contribution in [0.5, 0.6) is 0 Å². The molecule has 43 heavy (non-hydrogen) atoms. The smallest absolute Gasteiger partial charge is 0.320 e. The fraction of sp³-hybridized carbons (Fsp3) is 0.593. The van der Waals surface area contributed by atoms with Crippen molar-refractivity contribution in [2.24, 2.45) is 0 Å². The molecule has 1 aromatic rings. The predicted molar refractivity (Wildman–Crippen MR) is 146 cm³/mol. The Kier molecular flexibility index (Phi) is 13.9. The summed E-state index contributed by atoms with van der Waals surface area (Å²) in [6.45, 7) is -0.183. The van der Waals surface area contributed by atoms with E-state index in [1.165, 1.54) is 9.80 Å². The van der Waals surface area contributed by atoms with Crippen LogP contribution in [0.4, 0.5) is 0 Å². The van der Waals surface area contributed by atoms with E-state index in [-0.39, 0.29) is 71.4 Å². The first-order valence-corrected chi connectivity index (χ1v) is 13.8. The van der Waals surface area contributed by atoms with E-state index in [2.05, 4.69) is 4.98 Å². The third-order valence-electron chi connectivity index (χ3n) is 7.25. The van der Waals surface area contributed by atoms with Crippen LogP contribution in [0.15, 0.2) is 18.2 Å². The molecule has 16 nitrogen and oxygen atoms in total. The molecule has 0 saturated heterocycles. The third-order valence-corrected chi connectivity index (χ3v) is 7.25. The van der Waals surface area contributed by atoms with E-state index in [0.29, 0.717) is 11.4 Å². The summed E-state index contributed by atoms with van der Waals surface area (Å²) in [4.78, 5) is 79.3. The van der Waals surface area contributed by atoms with E-state index >= 15 is 0 Å². The highest BCUT2D eigenvalue weighted by atomic mass is 16.4. The Labute approximate surface area is 247 Å². The van der Waals surface area contributed by atoms with E-state index in [9.17, 15) is 49.2 Å². The highest BCUT2D eigenvalue weighted by Crippen LogP contribution is 2.19. The Balaban J connectivity index is 2.53. The number of pyridine rings is 1. The minimum atomic E-state index is -1.31. The van der Waals surface area contributed by atoms with Gasteiger partial charge in [0.25, 0.3) is 0 Å². The molecule has 238 valence electrons. The zero-order valence-corrected chi connectivity index (χ0v) is 23.6. The first-order valence-electron chi connectivity index (χ1n) is 13.8. The van der Waals surface area contributed by atoms with Gasteiger partial charge in [-0.15, -0.1) is 0 Å². The molecule has 16 heteroatoms. The topological polar surface area (TPSA) is 246 Å². The van der Waals surface area contributed by atoms with Gasteiger partial charge in [-0.25, -0.2) is 0 Å². The Morgan fingerprint density at radius 2 is 0.953 bits per heavy atom. The molecule has 0 aliphatic carbocycles. The minimum Gasteiger partial charge on any atom is -0.481 e. The molecular weight excluding hydrogens is 572 g/mol. The lowest BCUT2D eigenvalue weighted by molar-refractivity contribution is -0.148. The summed E-state index contributed by atoms with van der Waals surface area (Å²) in [5.74, 6) is -7.25. The molecular formula is C27H38N4O12. The van der Waals surface area contributed by atoms with Crippen molar-refractivity contribution in [3.05, 3.63) is 29.6 Å². The number of carboxylic acids is 6. The Morgan fingerprint density at radius 3 is 1.35 bits per heavy atom. The molecule has 0 fully saturated rings.